The van der Waals surface area contributed by atoms with Crippen LogP contribution in [0.4, 0.5) is 0 Å². The van der Waals surface area contributed by atoms with E-state index in [1.807, 2.05) is 0 Å². The summed E-state index contributed by atoms with van der Waals surface area (Å²) < 4.78 is 0. The van der Waals surface area contributed by atoms with Gasteiger partial charge in [0.1, 0.15) is 0 Å². The van der Waals surface area contributed by atoms with Crippen molar-refractivity contribution >= 4 is 35.0 Å². The third-order valence-electron chi connectivity index (χ3n) is 3.44. The van der Waals surface area contributed by atoms with Gasteiger partial charge >= 0.3 is 0 Å². The van der Waals surface area contributed by atoms with Crippen molar-refractivity contribution in [3.63, 3.8) is 0 Å². The Kier molecular flexibility index (Phi) is 5.26. The van der Waals surface area contributed by atoms with Crippen LogP contribution in [0.3, 0.4) is 0 Å². The molecule has 1 saturated carbocycles. The predicted molar refractivity (Wildman–Crippen MR) is 78.6 cm³/mol. The van der Waals surface area contributed by atoms with E-state index in [1.54, 1.807) is 12.1 Å². The first-order chi connectivity index (χ1) is 9.56. The number of benzene rings is 1. The molecule has 6 heteroatoms. The van der Waals surface area contributed by atoms with Crippen molar-refractivity contribution in [3.8, 4) is 0 Å². The number of carbonyl (C=O) groups is 2. The van der Waals surface area contributed by atoms with Crippen molar-refractivity contribution in [1.82, 2.24) is 10.9 Å². The van der Waals surface area contributed by atoms with E-state index < -0.39 is 5.91 Å². The van der Waals surface area contributed by atoms with Crippen LogP contribution in [0.1, 0.15) is 42.5 Å². The number of halogens is 2. The molecule has 0 spiro atoms. The van der Waals surface area contributed by atoms with E-state index in [0.29, 0.717) is 17.4 Å². The van der Waals surface area contributed by atoms with E-state index in [1.165, 1.54) is 18.9 Å². The molecule has 1 fully saturated rings. The zero-order valence-electron chi connectivity index (χ0n) is 10.9. The van der Waals surface area contributed by atoms with Gasteiger partial charge in [-0.3, -0.25) is 20.4 Å². The van der Waals surface area contributed by atoms with Gasteiger partial charge in [0.2, 0.25) is 5.91 Å². The molecule has 2 rings (SSSR count). The third kappa shape index (κ3) is 4.12. The standard InChI is InChI=1S/C14H16Cl2N2O2/c15-10-5-6-12(16)11(8-10)14(20)18-17-13(19)7-9-3-1-2-4-9/h5-6,8-9H,1-4,7H2,(H,17,19)(H,18,20). The van der Waals surface area contributed by atoms with Crippen LogP contribution in [-0.4, -0.2) is 11.8 Å². The predicted octanol–water partition coefficient (Wildman–Crippen LogP) is 3.33. The third-order valence-corrected chi connectivity index (χ3v) is 4.00. The van der Waals surface area contributed by atoms with Gasteiger partial charge in [-0.05, 0) is 37.0 Å². The summed E-state index contributed by atoms with van der Waals surface area (Å²) in [5.74, 6) is -0.220. The monoisotopic (exact) mass is 314 g/mol. The van der Waals surface area contributed by atoms with Crippen LogP contribution in [0.5, 0.6) is 0 Å². The maximum absolute atomic E-state index is 11.9. The average molecular weight is 315 g/mol. The zero-order valence-corrected chi connectivity index (χ0v) is 12.4. The highest BCUT2D eigenvalue weighted by molar-refractivity contribution is 6.35. The molecule has 20 heavy (non-hydrogen) atoms. The van der Waals surface area contributed by atoms with E-state index >= 15 is 0 Å². The average Bonchev–Trinajstić information content (AvgIpc) is 2.91. The van der Waals surface area contributed by atoms with Crippen LogP contribution >= 0.6 is 23.2 Å². The molecule has 0 bridgehead atoms. The highest BCUT2D eigenvalue weighted by Crippen LogP contribution is 2.27. The lowest BCUT2D eigenvalue weighted by Gasteiger charge is -2.11. The quantitative estimate of drug-likeness (QED) is 0.841. The number of hydrogen-bond acceptors (Lipinski definition) is 2. The zero-order chi connectivity index (χ0) is 14.5. The number of nitrogens with one attached hydrogen (secondary N) is 2. The molecule has 0 heterocycles. The maximum Gasteiger partial charge on any atom is 0.271 e. The molecule has 0 aromatic heterocycles. The number of hydrazine groups is 1. The van der Waals surface area contributed by atoms with Crippen LogP contribution in [0, 0.1) is 5.92 Å². The Bertz CT molecular complexity index is 514. The molecule has 0 unspecified atom stereocenters. The Morgan fingerprint density at radius 1 is 1.15 bits per heavy atom. The molecule has 4 nitrogen and oxygen atoms in total. The summed E-state index contributed by atoms with van der Waals surface area (Å²) in [5.41, 5.74) is 5.01. The van der Waals surface area contributed by atoms with Crippen molar-refractivity contribution in [3.05, 3.63) is 33.8 Å². The summed E-state index contributed by atoms with van der Waals surface area (Å²) in [6.45, 7) is 0. The molecular formula is C14H16Cl2N2O2. The first kappa shape index (κ1) is 15.1. The fraction of sp³-hybridized carbons (Fsp3) is 0.429. The topological polar surface area (TPSA) is 58.2 Å². The highest BCUT2D eigenvalue weighted by atomic mass is 35.5. The minimum absolute atomic E-state index is 0.177. The van der Waals surface area contributed by atoms with Gasteiger partial charge in [-0.25, -0.2) is 0 Å². The largest absolute Gasteiger partial charge is 0.273 e. The second kappa shape index (κ2) is 6.95. The van der Waals surface area contributed by atoms with Crippen LogP contribution in [0.15, 0.2) is 18.2 Å². The van der Waals surface area contributed by atoms with Gasteiger partial charge in [0, 0.05) is 11.4 Å². The van der Waals surface area contributed by atoms with E-state index in [9.17, 15) is 9.59 Å². The molecule has 1 aromatic rings. The Labute approximate surface area is 127 Å². The summed E-state index contributed by atoms with van der Waals surface area (Å²) in [7, 11) is 0. The molecule has 1 aromatic carbocycles. The van der Waals surface area contributed by atoms with Crippen LogP contribution in [-0.2, 0) is 4.79 Å². The lowest BCUT2D eigenvalue weighted by Crippen LogP contribution is -2.42. The molecular weight excluding hydrogens is 299 g/mol. The first-order valence-corrected chi connectivity index (χ1v) is 7.36. The lowest BCUT2D eigenvalue weighted by molar-refractivity contribution is -0.122. The summed E-state index contributed by atoms with van der Waals surface area (Å²) in [5, 5.41) is 0.703. The Morgan fingerprint density at radius 3 is 2.55 bits per heavy atom. The molecule has 0 atom stereocenters. The van der Waals surface area contributed by atoms with Gasteiger partial charge in [-0.15, -0.1) is 0 Å². The van der Waals surface area contributed by atoms with Crippen LogP contribution < -0.4 is 10.9 Å². The van der Waals surface area contributed by atoms with E-state index in [2.05, 4.69) is 10.9 Å². The van der Waals surface area contributed by atoms with Crippen LogP contribution in [0.25, 0.3) is 0 Å². The van der Waals surface area contributed by atoms with E-state index in [0.717, 1.165) is 12.8 Å². The molecule has 0 aliphatic heterocycles. The van der Waals surface area contributed by atoms with Gasteiger partial charge < -0.3 is 0 Å². The molecule has 0 radical (unpaired) electrons. The molecule has 2 amide bonds. The molecule has 1 aliphatic rings. The van der Waals surface area contributed by atoms with Crippen molar-refractivity contribution in [1.29, 1.82) is 0 Å². The SMILES string of the molecule is O=C(CC1CCCC1)NNC(=O)c1cc(Cl)ccc1Cl. The maximum atomic E-state index is 11.9. The fourth-order valence-corrected chi connectivity index (χ4v) is 2.77. The van der Waals surface area contributed by atoms with Gasteiger partial charge in [0.15, 0.2) is 0 Å². The summed E-state index contributed by atoms with van der Waals surface area (Å²) in [4.78, 5) is 23.6. The second-order valence-corrected chi connectivity index (χ2v) is 5.82. The number of hydrogen-bond donors (Lipinski definition) is 2. The molecule has 0 saturated heterocycles. The van der Waals surface area contributed by atoms with E-state index in [4.69, 9.17) is 23.2 Å². The smallest absolute Gasteiger partial charge is 0.271 e. The Morgan fingerprint density at radius 2 is 1.85 bits per heavy atom. The second-order valence-electron chi connectivity index (χ2n) is 4.98. The highest BCUT2D eigenvalue weighted by Gasteiger charge is 2.19. The first-order valence-electron chi connectivity index (χ1n) is 6.60. The Hall–Kier alpha value is -1.26. The minimum Gasteiger partial charge on any atom is -0.273 e. The van der Waals surface area contributed by atoms with Gasteiger partial charge in [-0.1, -0.05) is 36.0 Å². The minimum atomic E-state index is -0.475. The van der Waals surface area contributed by atoms with Crippen molar-refractivity contribution in [2.45, 2.75) is 32.1 Å². The van der Waals surface area contributed by atoms with Crippen molar-refractivity contribution in [2.24, 2.45) is 5.92 Å². The van der Waals surface area contributed by atoms with Gasteiger partial charge in [0.25, 0.3) is 5.91 Å². The summed E-state index contributed by atoms with van der Waals surface area (Å²) >= 11 is 11.7. The van der Waals surface area contributed by atoms with Crippen molar-refractivity contribution in [2.75, 3.05) is 0 Å². The fourth-order valence-electron chi connectivity index (χ4n) is 2.39. The van der Waals surface area contributed by atoms with Crippen LogP contribution in [0.2, 0.25) is 10.0 Å². The number of carbonyl (C=O) groups excluding carboxylic acids is 2. The van der Waals surface area contributed by atoms with Gasteiger partial charge in [0.05, 0.1) is 10.6 Å². The van der Waals surface area contributed by atoms with E-state index in [-0.39, 0.29) is 16.5 Å². The lowest BCUT2D eigenvalue weighted by atomic mass is 10.0. The molecule has 1 aliphatic carbocycles. The normalized spacial score (nSPS) is 15.1. The molecule has 108 valence electrons. The van der Waals surface area contributed by atoms with Gasteiger partial charge in [-0.2, -0.15) is 0 Å². The number of rotatable bonds is 3. The number of amides is 2. The summed E-state index contributed by atoms with van der Waals surface area (Å²) in [6.07, 6.45) is 4.98. The molecule has 2 N–H and O–H groups in total. The summed E-state index contributed by atoms with van der Waals surface area (Å²) in [6, 6.07) is 4.60. The van der Waals surface area contributed by atoms with Crippen molar-refractivity contribution < 1.29 is 9.59 Å². The Balaban J connectivity index is 1.85.